The van der Waals surface area contributed by atoms with Gasteiger partial charge in [-0.15, -0.1) is 0 Å². The van der Waals surface area contributed by atoms with E-state index in [4.69, 9.17) is 27.4 Å². The molecule has 2 rings (SSSR count). The summed E-state index contributed by atoms with van der Waals surface area (Å²) in [4.78, 5) is 4.37. The highest BCUT2D eigenvalue weighted by atomic mass is 32.1. The van der Waals surface area contributed by atoms with E-state index in [1.165, 1.54) is 0 Å². The predicted molar refractivity (Wildman–Crippen MR) is 82.2 cm³/mol. The normalized spacial score (nSPS) is 10.1. The number of methoxy groups -OCH3 is 1. The summed E-state index contributed by atoms with van der Waals surface area (Å²) in [5.74, 6) is 1.42. The molecule has 2 aromatic rings. The van der Waals surface area contributed by atoms with Crippen LogP contribution in [0, 0.1) is 6.92 Å². The summed E-state index contributed by atoms with van der Waals surface area (Å²) in [5, 5.41) is 0. The Morgan fingerprint density at radius 1 is 1.25 bits per heavy atom. The van der Waals surface area contributed by atoms with Crippen molar-refractivity contribution < 1.29 is 9.47 Å². The van der Waals surface area contributed by atoms with Crippen molar-refractivity contribution in [1.29, 1.82) is 0 Å². The molecule has 1 heterocycles. The second-order valence-electron chi connectivity index (χ2n) is 4.36. The summed E-state index contributed by atoms with van der Waals surface area (Å²) >= 11 is 4.91. The van der Waals surface area contributed by atoms with Crippen LogP contribution in [-0.2, 0) is 6.61 Å². The Morgan fingerprint density at radius 2 is 2.05 bits per heavy atom. The molecule has 0 atom stereocenters. The number of pyridine rings is 1. The first-order chi connectivity index (χ1) is 9.60. The first-order valence-electron chi connectivity index (χ1n) is 6.12. The van der Waals surface area contributed by atoms with Crippen molar-refractivity contribution in [3.05, 3.63) is 53.3 Å². The van der Waals surface area contributed by atoms with Gasteiger partial charge in [0.1, 0.15) is 11.6 Å². The standard InChI is InChI=1S/C15H16N2O2S/c1-10-3-4-13(14(7-10)18-2)19-9-11-5-6-17-12(8-11)15(16)20/h3-8H,9H2,1-2H3,(H2,16,20). The second kappa shape index (κ2) is 6.34. The molecule has 0 spiro atoms. The number of hydrogen-bond donors (Lipinski definition) is 1. The quantitative estimate of drug-likeness (QED) is 0.857. The molecule has 0 aliphatic heterocycles. The highest BCUT2D eigenvalue weighted by molar-refractivity contribution is 7.80. The van der Waals surface area contributed by atoms with E-state index in [2.05, 4.69) is 4.98 Å². The molecule has 1 aromatic heterocycles. The number of benzene rings is 1. The Hall–Kier alpha value is -2.14. The van der Waals surface area contributed by atoms with Crippen LogP contribution in [0.15, 0.2) is 36.5 Å². The number of aryl methyl sites for hydroxylation is 1. The zero-order valence-electron chi connectivity index (χ0n) is 11.4. The van der Waals surface area contributed by atoms with Crippen molar-refractivity contribution in [2.75, 3.05) is 7.11 Å². The van der Waals surface area contributed by atoms with E-state index < -0.39 is 0 Å². The van der Waals surface area contributed by atoms with Crippen LogP contribution in [-0.4, -0.2) is 17.1 Å². The van der Waals surface area contributed by atoms with Crippen LogP contribution >= 0.6 is 12.2 Å². The molecule has 0 fully saturated rings. The molecular formula is C15H16N2O2S. The maximum absolute atomic E-state index is 5.77. The molecule has 0 aliphatic carbocycles. The van der Waals surface area contributed by atoms with Gasteiger partial charge in [-0.1, -0.05) is 18.3 Å². The van der Waals surface area contributed by atoms with Crippen LogP contribution in [0.3, 0.4) is 0 Å². The number of hydrogen-bond acceptors (Lipinski definition) is 4. The SMILES string of the molecule is COc1cc(C)ccc1OCc1ccnc(C(N)=S)c1. The smallest absolute Gasteiger partial charge is 0.161 e. The minimum Gasteiger partial charge on any atom is -0.493 e. The third-order valence-corrected chi connectivity index (χ3v) is 3.00. The van der Waals surface area contributed by atoms with Crippen molar-refractivity contribution in [2.24, 2.45) is 5.73 Å². The third-order valence-electron chi connectivity index (χ3n) is 2.79. The number of rotatable bonds is 5. The average molecular weight is 288 g/mol. The molecule has 0 unspecified atom stereocenters. The highest BCUT2D eigenvalue weighted by Crippen LogP contribution is 2.28. The summed E-state index contributed by atoms with van der Waals surface area (Å²) in [6.45, 7) is 2.40. The molecule has 0 radical (unpaired) electrons. The van der Waals surface area contributed by atoms with Crippen molar-refractivity contribution in [2.45, 2.75) is 13.5 Å². The van der Waals surface area contributed by atoms with Gasteiger partial charge < -0.3 is 15.2 Å². The maximum Gasteiger partial charge on any atom is 0.161 e. The van der Waals surface area contributed by atoms with Crippen LogP contribution in [0.2, 0.25) is 0 Å². The fourth-order valence-electron chi connectivity index (χ4n) is 1.75. The van der Waals surface area contributed by atoms with Gasteiger partial charge in [0.25, 0.3) is 0 Å². The largest absolute Gasteiger partial charge is 0.493 e. The lowest BCUT2D eigenvalue weighted by atomic mass is 10.2. The van der Waals surface area contributed by atoms with Gasteiger partial charge in [0.15, 0.2) is 11.5 Å². The number of thiocarbonyl (C=S) groups is 1. The number of aromatic nitrogens is 1. The average Bonchev–Trinajstić information content (AvgIpc) is 2.46. The van der Waals surface area contributed by atoms with Gasteiger partial charge in [-0.3, -0.25) is 4.98 Å². The Balaban J connectivity index is 2.12. The Labute approximate surface area is 123 Å². The van der Waals surface area contributed by atoms with E-state index in [1.807, 2.05) is 37.3 Å². The van der Waals surface area contributed by atoms with Crippen molar-refractivity contribution in [1.82, 2.24) is 4.98 Å². The highest BCUT2D eigenvalue weighted by Gasteiger charge is 2.06. The van der Waals surface area contributed by atoms with Gasteiger partial charge in [-0.05, 0) is 42.3 Å². The maximum atomic E-state index is 5.77. The zero-order valence-corrected chi connectivity index (χ0v) is 12.2. The van der Waals surface area contributed by atoms with Crippen LogP contribution in [0.1, 0.15) is 16.8 Å². The van der Waals surface area contributed by atoms with Gasteiger partial charge in [0.2, 0.25) is 0 Å². The lowest BCUT2D eigenvalue weighted by Gasteiger charge is -2.11. The van der Waals surface area contributed by atoms with Gasteiger partial charge >= 0.3 is 0 Å². The fraction of sp³-hybridized carbons (Fsp3) is 0.200. The first-order valence-corrected chi connectivity index (χ1v) is 6.53. The second-order valence-corrected chi connectivity index (χ2v) is 4.80. The summed E-state index contributed by atoms with van der Waals surface area (Å²) in [6.07, 6.45) is 1.67. The molecule has 0 saturated carbocycles. The van der Waals surface area contributed by atoms with E-state index >= 15 is 0 Å². The van der Waals surface area contributed by atoms with Crippen molar-refractivity contribution >= 4 is 17.2 Å². The predicted octanol–water partition coefficient (Wildman–Crippen LogP) is 2.61. The Morgan fingerprint density at radius 3 is 2.75 bits per heavy atom. The number of nitrogens with two attached hydrogens (primary N) is 1. The minimum atomic E-state index is 0.278. The summed E-state index contributed by atoms with van der Waals surface area (Å²) < 4.78 is 11.1. The molecule has 1 aromatic carbocycles. The molecule has 5 heteroatoms. The molecule has 2 N–H and O–H groups in total. The molecule has 4 nitrogen and oxygen atoms in total. The Bertz CT molecular complexity index is 629. The van der Waals surface area contributed by atoms with Gasteiger partial charge in [-0.25, -0.2) is 0 Å². The minimum absolute atomic E-state index is 0.278. The fourth-order valence-corrected chi connectivity index (χ4v) is 1.87. The number of ether oxygens (including phenoxy) is 2. The van der Waals surface area contributed by atoms with Crippen LogP contribution < -0.4 is 15.2 Å². The molecule has 20 heavy (non-hydrogen) atoms. The van der Waals surface area contributed by atoms with E-state index in [0.29, 0.717) is 23.8 Å². The summed E-state index contributed by atoms with van der Waals surface area (Å²) in [6, 6.07) is 9.49. The molecule has 104 valence electrons. The molecule has 0 aliphatic rings. The van der Waals surface area contributed by atoms with Crippen LogP contribution in [0.5, 0.6) is 11.5 Å². The Kier molecular flexibility index (Phi) is 4.53. The molecule has 0 bridgehead atoms. The topological polar surface area (TPSA) is 57.4 Å². The van der Waals surface area contributed by atoms with Gasteiger partial charge in [0, 0.05) is 6.20 Å². The zero-order chi connectivity index (χ0) is 14.5. The van der Waals surface area contributed by atoms with Crippen LogP contribution in [0.25, 0.3) is 0 Å². The van der Waals surface area contributed by atoms with E-state index in [-0.39, 0.29) is 4.99 Å². The van der Waals surface area contributed by atoms with E-state index in [9.17, 15) is 0 Å². The van der Waals surface area contributed by atoms with Crippen molar-refractivity contribution in [3.63, 3.8) is 0 Å². The molecular weight excluding hydrogens is 272 g/mol. The van der Waals surface area contributed by atoms with E-state index in [0.717, 1.165) is 11.1 Å². The number of nitrogens with zero attached hydrogens (tertiary/aromatic N) is 1. The summed E-state index contributed by atoms with van der Waals surface area (Å²) in [7, 11) is 1.62. The first kappa shape index (κ1) is 14.3. The molecule has 0 amide bonds. The lowest BCUT2D eigenvalue weighted by molar-refractivity contribution is 0.284. The lowest BCUT2D eigenvalue weighted by Crippen LogP contribution is -2.12. The van der Waals surface area contributed by atoms with E-state index in [1.54, 1.807) is 13.3 Å². The monoisotopic (exact) mass is 288 g/mol. The van der Waals surface area contributed by atoms with Crippen LogP contribution in [0.4, 0.5) is 0 Å². The van der Waals surface area contributed by atoms with Crippen molar-refractivity contribution in [3.8, 4) is 11.5 Å². The third kappa shape index (κ3) is 3.45. The van der Waals surface area contributed by atoms with Gasteiger partial charge in [-0.2, -0.15) is 0 Å². The molecule has 0 saturated heterocycles. The van der Waals surface area contributed by atoms with Gasteiger partial charge in [0.05, 0.1) is 12.8 Å². The summed E-state index contributed by atoms with van der Waals surface area (Å²) in [5.41, 5.74) is 8.22.